The molecular formula is C9H19NO. The molecule has 2 atom stereocenters. The average Bonchev–Trinajstić information content (AvgIpc) is 2.01. The molecule has 0 amide bonds. The Hall–Kier alpha value is -0.340. The number of ether oxygens (including phenoxy) is 1. The van der Waals surface area contributed by atoms with Crippen LogP contribution in [0, 0.1) is 5.92 Å². The van der Waals surface area contributed by atoms with Gasteiger partial charge in [-0.05, 0) is 19.9 Å². The lowest BCUT2D eigenvalue weighted by Crippen LogP contribution is -2.18. The van der Waals surface area contributed by atoms with Crippen molar-refractivity contribution < 1.29 is 4.74 Å². The maximum absolute atomic E-state index is 5.00. The highest BCUT2D eigenvalue weighted by Gasteiger charge is 1.95. The van der Waals surface area contributed by atoms with Crippen LogP contribution in [0.4, 0.5) is 0 Å². The molecule has 11 heavy (non-hydrogen) atoms. The maximum atomic E-state index is 5.00. The lowest BCUT2D eigenvalue weighted by Gasteiger charge is -2.06. The maximum Gasteiger partial charge on any atom is 0.0522 e. The van der Waals surface area contributed by atoms with Gasteiger partial charge in [-0.2, -0.15) is 0 Å². The molecule has 0 bridgehead atoms. The molecule has 0 rings (SSSR count). The van der Waals surface area contributed by atoms with E-state index in [1.165, 1.54) is 0 Å². The molecule has 0 saturated heterocycles. The molecule has 0 aromatic heterocycles. The first-order chi connectivity index (χ1) is 5.20. The van der Waals surface area contributed by atoms with Crippen molar-refractivity contribution in [2.45, 2.75) is 19.9 Å². The smallest absolute Gasteiger partial charge is 0.0522 e. The zero-order valence-corrected chi connectivity index (χ0v) is 7.92. The molecule has 0 aliphatic heterocycles. The quantitative estimate of drug-likeness (QED) is 0.610. The molecule has 0 fully saturated rings. The van der Waals surface area contributed by atoms with Gasteiger partial charge in [0.05, 0.1) is 6.61 Å². The van der Waals surface area contributed by atoms with E-state index in [0.717, 1.165) is 6.61 Å². The number of hydrogen-bond donors (Lipinski definition) is 1. The third-order valence-electron chi connectivity index (χ3n) is 1.61. The third kappa shape index (κ3) is 6.07. The van der Waals surface area contributed by atoms with E-state index in [-0.39, 0.29) is 0 Å². The molecule has 0 aliphatic carbocycles. The van der Waals surface area contributed by atoms with Gasteiger partial charge in [-0.15, -0.1) is 0 Å². The van der Waals surface area contributed by atoms with Gasteiger partial charge < -0.3 is 10.1 Å². The summed E-state index contributed by atoms with van der Waals surface area (Å²) in [5.74, 6) is 0.510. The van der Waals surface area contributed by atoms with Gasteiger partial charge in [0.25, 0.3) is 0 Å². The van der Waals surface area contributed by atoms with Crippen molar-refractivity contribution in [3.05, 3.63) is 12.2 Å². The standard InChI is InChI=1S/C9H19NO/c1-8(7-11-4)5-6-9(2)10-3/h5-6,8-10H,7H2,1-4H3/b6-5+. The molecular weight excluding hydrogens is 138 g/mol. The summed E-state index contributed by atoms with van der Waals surface area (Å²) >= 11 is 0. The van der Waals surface area contributed by atoms with Crippen LogP contribution in [-0.2, 0) is 4.74 Å². The lowest BCUT2D eigenvalue weighted by molar-refractivity contribution is 0.176. The highest BCUT2D eigenvalue weighted by molar-refractivity contribution is 4.92. The molecule has 0 aliphatic rings. The Labute approximate surface area is 69.6 Å². The summed E-state index contributed by atoms with van der Waals surface area (Å²) < 4.78 is 5.00. The largest absolute Gasteiger partial charge is 0.384 e. The zero-order chi connectivity index (χ0) is 8.69. The van der Waals surface area contributed by atoms with Gasteiger partial charge in [0.2, 0.25) is 0 Å². The predicted octanol–water partition coefficient (Wildman–Crippen LogP) is 1.43. The highest BCUT2D eigenvalue weighted by Crippen LogP contribution is 1.97. The van der Waals surface area contributed by atoms with Crippen LogP contribution in [0.3, 0.4) is 0 Å². The second-order valence-electron chi connectivity index (χ2n) is 2.89. The molecule has 0 aromatic rings. The van der Waals surface area contributed by atoms with E-state index >= 15 is 0 Å². The van der Waals surface area contributed by atoms with Crippen molar-refractivity contribution in [1.82, 2.24) is 5.32 Å². The average molecular weight is 157 g/mol. The van der Waals surface area contributed by atoms with Crippen LogP contribution in [0.1, 0.15) is 13.8 Å². The molecule has 0 saturated carbocycles. The van der Waals surface area contributed by atoms with Crippen molar-refractivity contribution >= 4 is 0 Å². The molecule has 2 unspecified atom stereocenters. The van der Waals surface area contributed by atoms with Crippen LogP contribution in [0.25, 0.3) is 0 Å². The summed E-state index contributed by atoms with van der Waals surface area (Å²) in [7, 11) is 3.68. The van der Waals surface area contributed by atoms with Gasteiger partial charge in [-0.25, -0.2) is 0 Å². The topological polar surface area (TPSA) is 21.3 Å². The van der Waals surface area contributed by atoms with Crippen molar-refractivity contribution in [2.75, 3.05) is 20.8 Å². The molecule has 2 heteroatoms. The van der Waals surface area contributed by atoms with Gasteiger partial charge in [-0.1, -0.05) is 19.1 Å². The van der Waals surface area contributed by atoms with Gasteiger partial charge in [-0.3, -0.25) is 0 Å². The Morgan fingerprint density at radius 2 is 2.00 bits per heavy atom. The number of nitrogens with one attached hydrogen (secondary N) is 1. The fourth-order valence-electron chi connectivity index (χ4n) is 0.771. The van der Waals surface area contributed by atoms with E-state index in [1.807, 2.05) is 7.05 Å². The van der Waals surface area contributed by atoms with E-state index in [0.29, 0.717) is 12.0 Å². The van der Waals surface area contributed by atoms with E-state index < -0.39 is 0 Å². The minimum absolute atomic E-state index is 0.453. The molecule has 0 aromatic carbocycles. The summed E-state index contributed by atoms with van der Waals surface area (Å²) in [5.41, 5.74) is 0. The Morgan fingerprint density at radius 3 is 2.45 bits per heavy atom. The normalized spacial score (nSPS) is 17.1. The number of hydrogen-bond acceptors (Lipinski definition) is 2. The summed E-state index contributed by atoms with van der Waals surface area (Å²) in [5, 5.41) is 3.13. The van der Waals surface area contributed by atoms with E-state index in [9.17, 15) is 0 Å². The summed E-state index contributed by atoms with van der Waals surface area (Å²) in [6, 6.07) is 0.453. The predicted molar refractivity (Wildman–Crippen MR) is 48.7 cm³/mol. The monoisotopic (exact) mass is 157 g/mol. The second-order valence-corrected chi connectivity index (χ2v) is 2.89. The highest BCUT2D eigenvalue weighted by atomic mass is 16.5. The van der Waals surface area contributed by atoms with Gasteiger partial charge in [0, 0.05) is 13.2 Å². The minimum atomic E-state index is 0.453. The van der Waals surface area contributed by atoms with Crippen LogP contribution in [-0.4, -0.2) is 26.8 Å². The fourth-order valence-corrected chi connectivity index (χ4v) is 0.771. The first-order valence-electron chi connectivity index (χ1n) is 4.05. The fraction of sp³-hybridized carbons (Fsp3) is 0.778. The lowest BCUT2D eigenvalue weighted by atomic mass is 10.1. The molecule has 0 heterocycles. The minimum Gasteiger partial charge on any atom is -0.384 e. The van der Waals surface area contributed by atoms with Crippen molar-refractivity contribution in [2.24, 2.45) is 5.92 Å². The molecule has 66 valence electrons. The van der Waals surface area contributed by atoms with Crippen LogP contribution < -0.4 is 5.32 Å². The van der Waals surface area contributed by atoms with Crippen LogP contribution in [0.2, 0.25) is 0 Å². The Bertz CT molecular complexity index is 112. The summed E-state index contributed by atoms with van der Waals surface area (Å²) in [6.45, 7) is 5.06. The molecule has 0 radical (unpaired) electrons. The summed E-state index contributed by atoms with van der Waals surface area (Å²) in [6.07, 6.45) is 4.33. The number of likely N-dealkylation sites (N-methyl/N-ethyl adjacent to an activating group) is 1. The Balaban J connectivity index is 3.54. The molecule has 2 nitrogen and oxygen atoms in total. The molecule has 1 N–H and O–H groups in total. The van der Waals surface area contributed by atoms with Crippen LogP contribution >= 0.6 is 0 Å². The van der Waals surface area contributed by atoms with Gasteiger partial charge in [0.15, 0.2) is 0 Å². The first-order valence-corrected chi connectivity index (χ1v) is 4.05. The SMILES string of the molecule is CNC(C)/C=C/C(C)COC. The van der Waals surface area contributed by atoms with Crippen molar-refractivity contribution in [3.8, 4) is 0 Å². The third-order valence-corrected chi connectivity index (χ3v) is 1.61. The van der Waals surface area contributed by atoms with E-state index in [1.54, 1.807) is 7.11 Å². The first kappa shape index (κ1) is 10.7. The molecule has 0 spiro atoms. The second kappa shape index (κ2) is 6.38. The number of methoxy groups -OCH3 is 1. The van der Waals surface area contributed by atoms with Gasteiger partial charge >= 0.3 is 0 Å². The zero-order valence-electron chi connectivity index (χ0n) is 7.92. The van der Waals surface area contributed by atoms with Gasteiger partial charge in [0.1, 0.15) is 0 Å². The Kier molecular flexibility index (Phi) is 6.18. The van der Waals surface area contributed by atoms with Crippen LogP contribution in [0.5, 0.6) is 0 Å². The van der Waals surface area contributed by atoms with Crippen LogP contribution in [0.15, 0.2) is 12.2 Å². The van der Waals surface area contributed by atoms with Crippen molar-refractivity contribution in [3.63, 3.8) is 0 Å². The van der Waals surface area contributed by atoms with Crippen molar-refractivity contribution in [1.29, 1.82) is 0 Å². The van der Waals surface area contributed by atoms with E-state index in [2.05, 4.69) is 31.3 Å². The number of rotatable bonds is 5. The summed E-state index contributed by atoms with van der Waals surface area (Å²) in [4.78, 5) is 0. The Morgan fingerprint density at radius 1 is 1.36 bits per heavy atom. The van der Waals surface area contributed by atoms with E-state index in [4.69, 9.17) is 4.74 Å².